The summed E-state index contributed by atoms with van der Waals surface area (Å²) in [7, 11) is 0. The molecule has 0 saturated carbocycles. The zero-order chi connectivity index (χ0) is 15.1. The van der Waals surface area contributed by atoms with Crippen molar-refractivity contribution in [3.63, 3.8) is 0 Å². The van der Waals surface area contributed by atoms with Gasteiger partial charge < -0.3 is 10.1 Å². The topological polar surface area (TPSA) is 57.9 Å². The van der Waals surface area contributed by atoms with Crippen molar-refractivity contribution < 1.29 is 4.74 Å². The van der Waals surface area contributed by atoms with Crippen molar-refractivity contribution in [2.45, 2.75) is 19.9 Å². The average molecular weight is 302 g/mol. The number of rotatable bonds is 6. The first-order valence-electron chi connectivity index (χ1n) is 6.74. The van der Waals surface area contributed by atoms with Gasteiger partial charge in [0.15, 0.2) is 0 Å². The van der Waals surface area contributed by atoms with E-state index in [0.29, 0.717) is 29.6 Å². The number of pyridine rings is 1. The number of ether oxygens (including phenoxy) is 1. The summed E-state index contributed by atoms with van der Waals surface area (Å²) in [6, 6.07) is 11.1. The second-order valence-corrected chi connectivity index (χ2v) is 4.88. The van der Waals surface area contributed by atoms with E-state index in [1.807, 2.05) is 24.3 Å². The summed E-state index contributed by atoms with van der Waals surface area (Å²) in [6.07, 6.45) is 2.65. The summed E-state index contributed by atoms with van der Waals surface area (Å²) in [5, 5.41) is 12.6. The molecule has 0 aliphatic rings. The summed E-state index contributed by atoms with van der Waals surface area (Å²) in [5.41, 5.74) is 2.30. The van der Waals surface area contributed by atoms with Crippen LogP contribution < -0.4 is 10.1 Å². The maximum atomic E-state index is 8.86. The second-order valence-electron chi connectivity index (χ2n) is 4.48. The summed E-state index contributed by atoms with van der Waals surface area (Å²) in [5.74, 6) is 0.645. The minimum Gasteiger partial charge on any atom is -0.477 e. The third kappa shape index (κ3) is 4.11. The van der Waals surface area contributed by atoms with Gasteiger partial charge in [0.1, 0.15) is 6.07 Å². The molecule has 21 heavy (non-hydrogen) atoms. The van der Waals surface area contributed by atoms with Crippen LogP contribution in [0.15, 0.2) is 36.5 Å². The van der Waals surface area contributed by atoms with E-state index in [4.69, 9.17) is 21.6 Å². The Bertz CT molecular complexity index is 652. The van der Waals surface area contributed by atoms with Gasteiger partial charge in [-0.05, 0) is 30.7 Å². The first-order valence-corrected chi connectivity index (χ1v) is 7.12. The Hall–Kier alpha value is -2.25. The Morgan fingerprint density at radius 3 is 2.95 bits per heavy atom. The van der Waals surface area contributed by atoms with Gasteiger partial charge in [-0.1, -0.05) is 24.6 Å². The van der Waals surface area contributed by atoms with Crippen molar-refractivity contribution >= 4 is 17.3 Å². The van der Waals surface area contributed by atoms with Gasteiger partial charge in [-0.3, -0.25) is 0 Å². The van der Waals surface area contributed by atoms with E-state index in [-0.39, 0.29) is 0 Å². The predicted octanol–water partition coefficient (Wildman–Crippen LogP) is 4.01. The highest BCUT2D eigenvalue weighted by molar-refractivity contribution is 6.32. The van der Waals surface area contributed by atoms with Crippen molar-refractivity contribution in [3.8, 4) is 11.9 Å². The first-order chi connectivity index (χ1) is 10.2. The van der Waals surface area contributed by atoms with Crippen molar-refractivity contribution in [3.05, 3.63) is 52.7 Å². The minimum atomic E-state index is 0.441. The molecular formula is C16H16ClN3O. The quantitative estimate of drug-likeness (QED) is 0.876. The minimum absolute atomic E-state index is 0.441. The van der Waals surface area contributed by atoms with E-state index < -0.39 is 0 Å². The van der Waals surface area contributed by atoms with E-state index in [1.54, 1.807) is 18.3 Å². The van der Waals surface area contributed by atoms with Gasteiger partial charge in [0.25, 0.3) is 0 Å². The van der Waals surface area contributed by atoms with Crippen molar-refractivity contribution in [1.82, 2.24) is 4.98 Å². The van der Waals surface area contributed by atoms with Crippen LogP contribution in [0.3, 0.4) is 0 Å². The molecule has 0 amide bonds. The highest BCUT2D eigenvalue weighted by atomic mass is 35.5. The molecular weight excluding hydrogens is 286 g/mol. The molecule has 0 bridgehead atoms. The maximum absolute atomic E-state index is 8.86. The average Bonchev–Trinajstić information content (AvgIpc) is 2.52. The maximum Gasteiger partial charge on any atom is 0.218 e. The Labute approximate surface area is 129 Å². The number of halogens is 1. The summed E-state index contributed by atoms with van der Waals surface area (Å²) in [4.78, 5) is 4.24. The van der Waals surface area contributed by atoms with Crippen molar-refractivity contribution in [1.29, 1.82) is 5.26 Å². The molecule has 0 saturated heterocycles. The van der Waals surface area contributed by atoms with Gasteiger partial charge in [-0.15, -0.1) is 0 Å². The molecule has 1 aromatic carbocycles. The highest BCUT2D eigenvalue weighted by Gasteiger charge is 2.05. The molecule has 2 aromatic rings. The number of benzene rings is 1. The van der Waals surface area contributed by atoms with Crippen LogP contribution in [0.1, 0.15) is 24.5 Å². The lowest BCUT2D eigenvalue weighted by Crippen LogP contribution is -2.05. The van der Waals surface area contributed by atoms with Crippen molar-refractivity contribution in [2.75, 3.05) is 11.9 Å². The van der Waals surface area contributed by atoms with E-state index >= 15 is 0 Å². The van der Waals surface area contributed by atoms with Gasteiger partial charge in [0.2, 0.25) is 5.88 Å². The molecule has 1 N–H and O–H groups in total. The molecule has 0 radical (unpaired) electrons. The fourth-order valence-corrected chi connectivity index (χ4v) is 2.02. The van der Waals surface area contributed by atoms with Crippen LogP contribution in [-0.4, -0.2) is 11.6 Å². The number of hydrogen-bond acceptors (Lipinski definition) is 4. The highest BCUT2D eigenvalue weighted by Crippen LogP contribution is 2.22. The second kappa shape index (κ2) is 7.51. The van der Waals surface area contributed by atoms with Gasteiger partial charge in [0.05, 0.1) is 17.2 Å². The Balaban J connectivity index is 2.06. The van der Waals surface area contributed by atoms with E-state index in [9.17, 15) is 0 Å². The molecule has 0 unspecified atom stereocenters. The van der Waals surface area contributed by atoms with Gasteiger partial charge in [0, 0.05) is 24.0 Å². The molecule has 1 heterocycles. The molecule has 5 heteroatoms. The molecule has 4 nitrogen and oxygen atoms in total. The number of nitrogens with one attached hydrogen (secondary N) is 1. The van der Waals surface area contributed by atoms with Crippen LogP contribution >= 0.6 is 11.6 Å². The molecule has 0 spiro atoms. The van der Waals surface area contributed by atoms with Crippen LogP contribution in [-0.2, 0) is 6.54 Å². The third-order valence-corrected chi connectivity index (χ3v) is 3.18. The summed E-state index contributed by atoms with van der Waals surface area (Å²) < 4.78 is 5.61. The smallest absolute Gasteiger partial charge is 0.218 e. The van der Waals surface area contributed by atoms with Gasteiger partial charge in [-0.25, -0.2) is 4.98 Å². The SMILES string of the molecule is CCCOc1ncccc1CNc1ccc(C#N)c(Cl)c1. The summed E-state index contributed by atoms with van der Waals surface area (Å²) in [6.45, 7) is 3.28. The monoisotopic (exact) mass is 301 g/mol. The van der Waals surface area contributed by atoms with Crippen LogP contribution in [0.25, 0.3) is 0 Å². The fourth-order valence-electron chi connectivity index (χ4n) is 1.80. The number of hydrogen-bond donors (Lipinski definition) is 1. The van der Waals surface area contributed by atoms with Crippen LogP contribution in [0, 0.1) is 11.3 Å². The molecule has 0 fully saturated rings. The largest absolute Gasteiger partial charge is 0.477 e. The zero-order valence-electron chi connectivity index (χ0n) is 11.8. The van der Waals surface area contributed by atoms with Gasteiger partial charge >= 0.3 is 0 Å². The molecule has 0 aliphatic heterocycles. The van der Waals surface area contributed by atoms with E-state index in [2.05, 4.69) is 17.2 Å². The number of anilines is 1. The van der Waals surface area contributed by atoms with Crippen LogP contribution in [0.4, 0.5) is 5.69 Å². The molecule has 0 aliphatic carbocycles. The molecule has 0 atom stereocenters. The fraction of sp³-hybridized carbons (Fsp3) is 0.250. The standard InChI is InChI=1S/C16H16ClN3O/c1-2-8-21-16-13(4-3-7-19-16)11-20-14-6-5-12(10-18)15(17)9-14/h3-7,9,20H,2,8,11H2,1H3. The van der Waals surface area contributed by atoms with E-state index in [1.165, 1.54) is 0 Å². The Morgan fingerprint density at radius 2 is 2.24 bits per heavy atom. The van der Waals surface area contributed by atoms with Crippen molar-refractivity contribution in [2.24, 2.45) is 0 Å². The first kappa shape index (κ1) is 15.1. The lowest BCUT2D eigenvalue weighted by atomic mass is 10.2. The molecule has 2 rings (SSSR count). The molecule has 108 valence electrons. The number of nitriles is 1. The number of nitrogens with zero attached hydrogens (tertiary/aromatic N) is 2. The molecule has 1 aromatic heterocycles. The van der Waals surface area contributed by atoms with E-state index in [0.717, 1.165) is 17.7 Å². The lowest BCUT2D eigenvalue weighted by Gasteiger charge is -2.11. The zero-order valence-corrected chi connectivity index (χ0v) is 12.5. The third-order valence-electron chi connectivity index (χ3n) is 2.87. The van der Waals surface area contributed by atoms with Crippen LogP contribution in [0.2, 0.25) is 5.02 Å². The lowest BCUT2D eigenvalue weighted by molar-refractivity contribution is 0.302. The van der Waals surface area contributed by atoms with Gasteiger partial charge in [-0.2, -0.15) is 5.26 Å². The van der Waals surface area contributed by atoms with Crippen LogP contribution in [0.5, 0.6) is 5.88 Å². The number of aromatic nitrogens is 1. The normalized spacial score (nSPS) is 9.95. The Morgan fingerprint density at radius 1 is 1.38 bits per heavy atom. The summed E-state index contributed by atoms with van der Waals surface area (Å²) >= 11 is 6.01. The predicted molar refractivity (Wildman–Crippen MR) is 83.5 cm³/mol. The Kier molecular flexibility index (Phi) is 5.42.